The number of unbranched alkanes of at least 4 members (excludes halogenated alkanes) is 24. The fraction of sp³-hybridized carbons (Fsp3) is 0.873. The molecule has 4 heterocycles. The van der Waals surface area contributed by atoms with E-state index in [1.54, 1.807) is 0 Å². The van der Waals surface area contributed by atoms with Crippen molar-refractivity contribution in [3.8, 4) is 0 Å². The molecule has 1 unspecified atom stereocenters. The van der Waals surface area contributed by atoms with E-state index in [-0.39, 0.29) is 31.1 Å². The highest BCUT2D eigenvalue weighted by Gasteiger charge is 2.57. The van der Waals surface area contributed by atoms with Crippen LogP contribution in [-0.2, 0) is 66.4 Å². The molecule has 78 heavy (non-hydrogen) atoms. The number of hydrogen-bond donors (Lipinski definition) is 0. The zero-order valence-electron chi connectivity index (χ0n) is 50.8. The molecule has 0 spiro atoms. The van der Waals surface area contributed by atoms with Gasteiger partial charge in [-0.15, -0.1) is 0 Å². The second-order valence-electron chi connectivity index (χ2n) is 25.3. The molecule has 1 aromatic rings. The monoisotopic (exact) mass is 1120 g/mol. The van der Waals surface area contributed by atoms with Gasteiger partial charge in [0.15, 0.2) is 38.4 Å². The third-order valence-electron chi connectivity index (χ3n) is 16.4. The SMILES string of the molecule is CCCCCCCCCCCCCCCC(=O)O[C@@H]1[C@H](OC(=O)CCCCCCCCCCCCCCC)[C@H](OOC[C@H]2OC(C)(C)O[C@H]2[C@@H]2OC(C)(C)O[C@@H]2CO[Si](C)(C)C(C)(C)C)O[C@@H]2COC(c3ccccc3)O[C@@H]12. The van der Waals surface area contributed by atoms with Gasteiger partial charge in [-0.25, -0.2) is 9.78 Å². The van der Waals surface area contributed by atoms with Gasteiger partial charge in [-0.3, -0.25) is 9.59 Å². The molecule has 5 rings (SSSR count). The van der Waals surface area contributed by atoms with Gasteiger partial charge >= 0.3 is 11.9 Å². The van der Waals surface area contributed by atoms with Gasteiger partial charge in [0.25, 0.3) is 0 Å². The van der Waals surface area contributed by atoms with Crippen LogP contribution >= 0.6 is 0 Å². The van der Waals surface area contributed by atoms with Crippen LogP contribution in [0.2, 0.25) is 18.1 Å². The lowest BCUT2D eigenvalue weighted by Crippen LogP contribution is -2.64. The Morgan fingerprint density at radius 1 is 0.551 bits per heavy atom. The number of rotatable bonds is 39. The predicted octanol–water partition coefficient (Wildman–Crippen LogP) is 15.6. The molecule has 4 aliphatic heterocycles. The Kier molecular flexibility index (Phi) is 29.6. The Balaban J connectivity index is 1.25. The highest BCUT2D eigenvalue weighted by molar-refractivity contribution is 6.74. The second kappa shape index (κ2) is 34.6. The van der Waals surface area contributed by atoms with Crippen LogP contribution in [0, 0.1) is 0 Å². The molecule has 450 valence electrons. The lowest BCUT2D eigenvalue weighted by Gasteiger charge is -2.47. The quantitative estimate of drug-likeness (QED) is 0.0203. The molecule has 15 heteroatoms. The molecule has 0 aromatic heterocycles. The van der Waals surface area contributed by atoms with E-state index in [1.807, 2.05) is 58.0 Å². The van der Waals surface area contributed by atoms with Gasteiger partial charge < -0.3 is 47.1 Å². The van der Waals surface area contributed by atoms with E-state index in [0.29, 0.717) is 19.4 Å². The van der Waals surface area contributed by atoms with Crippen LogP contribution in [0.25, 0.3) is 0 Å². The Bertz CT molecular complexity index is 1790. The highest BCUT2D eigenvalue weighted by Crippen LogP contribution is 2.42. The summed E-state index contributed by atoms with van der Waals surface area (Å²) in [6, 6.07) is 9.62. The van der Waals surface area contributed by atoms with Crippen molar-refractivity contribution in [2.75, 3.05) is 19.8 Å². The largest absolute Gasteiger partial charge is 0.455 e. The molecular formula is C63H110O14Si. The minimum atomic E-state index is -2.14. The minimum absolute atomic E-state index is 0.00247. The van der Waals surface area contributed by atoms with Gasteiger partial charge in [0, 0.05) is 18.4 Å². The lowest BCUT2D eigenvalue weighted by atomic mass is 9.97. The van der Waals surface area contributed by atoms with Gasteiger partial charge in [-0.1, -0.05) is 219 Å². The summed E-state index contributed by atoms with van der Waals surface area (Å²) in [7, 11) is -2.14. The van der Waals surface area contributed by atoms with Gasteiger partial charge in [0.1, 0.15) is 43.2 Å². The van der Waals surface area contributed by atoms with Gasteiger partial charge in [0.05, 0.1) is 13.2 Å². The summed E-state index contributed by atoms with van der Waals surface area (Å²) in [4.78, 5) is 40.3. The first-order valence-electron chi connectivity index (χ1n) is 31.3. The molecule has 4 aliphatic rings. The number of carbonyl (C=O) groups is 2. The van der Waals surface area contributed by atoms with Crippen molar-refractivity contribution in [2.24, 2.45) is 0 Å². The summed E-state index contributed by atoms with van der Waals surface area (Å²) in [5.41, 5.74) is 0.802. The normalized spacial score (nSPS) is 27.0. The van der Waals surface area contributed by atoms with E-state index in [2.05, 4.69) is 47.7 Å². The Hall–Kier alpha value is -2.02. The zero-order chi connectivity index (χ0) is 56.4. The van der Waals surface area contributed by atoms with Gasteiger partial charge in [0.2, 0.25) is 6.29 Å². The molecule has 0 amide bonds. The molecular weight excluding hydrogens is 1010 g/mol. The van der Waals surface area contributed by atoms with Crippen molar-refractivity contribution < 1.29 is 66.4 Å². The van der Waals surface area contributed by atoms with Crippen molar-refractivity contribution >= 4 is 20.3 Å². The van der Waals surface area contributed by atoms with Crippen molar-refractivity contribution in [1.29, 1.82) is 0 Å². The number of fused-ring (bicyclic) bond motifs is 1. The summed E-state index contributed by atoms with van der Waals surface area (Å²) in [5, 5.41) is 0.00247. The summed E-state index contributed by atoms with van der Waals surface area (Å²) >= 11 is 0. The third kappa shape index (κ3) is 23.3. The summed E-state index contributed by atoms with van der Waals surface area (Å²) < 4.78 is 64.9. The number of esters is 2. The average Bonchev–Trinajstić information content (AvgIpc) is 3.91. The van der Waals surface area contributed by atoms with Crippen molar-refractivity contribution in [3.05, 3.63) is 35.9 Å². The molecule has 0 bridgehead atoms. The first kappa shape index (κ1) is 66.8. The van der Waals surface area contributed by atoms with Crippen LogP contribution < -0.4 is 0 Å². The van der Waals surface area contributed by atoms with E-state index in [9.17, 15) is 9.59 Å². The lowest BCUT2D eigenvalue weighted by molar-refractivity contribution is -0.444. The maximum atomic E-state index is 14.0. The molecule has 0 N–H and O–H groups in total. The van der Waals surface area contributed by atoms with Crippen LogP contribution in [-0.4, -0.2) is 107 Å². The molecule has 10 atom stereocenters. The average molecular weight is 1120 g/mol. The van der Waals surface area contributed by atoms with Crippen LogP contribution in [0.15, 0.2) is 30.3 Å². The van der Waals surface area contributed by atoms with Crippen molar-refractivity contribution in [1.82, 2.24) is 0 Å². The second-order valence-corrected chi connectivity index (χ2v) is 30.2. The minimum Gasteiger partial charge on any atom is -0.455 e. The standard InChI is InChI=1S/C63H110O14Si/c1-12-14-16-18-20-22-24-26-28-30-32-34-39-43-52(64)70-57-54-49(45-66-59(72-54)48-41-37-36-38-42-48)69-60(58(57)71-53(65)44-40-35-33-31-29-27-25-23-21-19-17-15-13-2)77-67-46-50-55(75-62(6,7)73-50)56-51(74-63(8,9)76-56)47-68-78(10,11)61(3,4)5/h36-38,41-42,49-51,54-60H,12-35,39-40,43-47H2,1-11H3/t49-,50-,51-,54-,55-,56-,57+,58+,59?,60+/m1/s1. The predicted molar refractivity (Wildman–Crippen MR) is 307 cm³/mol. The van der Waals surface area contributed by atoms with Crippen LogP contribution in [0.5, 0.6) is 0 Å². The number of hydrogen-bond acceptors (Lipinski definition) is 14. The molecule has 0 aliphatic carbocycles. The van der Waals surface area contributed by atoms with E-state index < -0.39 is 93.2 Å². The van der Waals surface area contributed by atoms with E-state index in [4.69, 9.17) is 56.8 Å². The molecule has 4 saturated heterocycles. The first-order chi connectivity index (χ1) is 37.3. The molecule has 0 radical (unpaired) electrons. The summed E-state index contributed by atoms with van der Waals surface area (Å²) in [6.07, 6.45) is 23.2. The maximum absolute atomic E-state index is 14.0. The van der Waals surface area contributed by atoms with Gasteiger partial charge in [-0.2, -0.15) is 0 Å². The third-order valence-corrected chi connectivity index (χ3v) is 20.9. The summed E-state index contributed by atoms with van der Waals surface area (Å²) in [5.74, 6) is -2.73. The van der Waals surface area contributed by atoms with Crippen LogP contribution in [0.3, 0.4) is 0 Å². The van der Waals surface area contributed by atoms with Gasteiger partial charge in [-0.05, 0) is 58.7 Å². The van der Waals surface area contributed by atoms with Crippen LogP contribution in [0.4, 0.5) is 0 Å². The Labute approximate surface area is 473 Å². The molecule has 4 fully saturated rings. The van der Waals surface area contributed by atoms with E-state index in [1.165, 1.54) is 116 Å². The number of carbonyl (C=O) groups excluding carboxylic acids is 2. The number of benzene rings is 1. The van der Waals surface area contributed by atoms with Crippen LogP contribution in [0.1, 0.15) is 254 Å². The van der Waals surface area contributed by atoms with E-state index in [0.717, 1.165) is 44.1 Å². The Morgan fingerprint density at radius 2 is 0.974 bits per heavy atom. The summed E-state index contributed by atoms with van der Waals surface area (Å²) in [6.45, 7) is 23.4. The molecule has 0 saturated carbocycles. The fourth-order valence-corrected chi connectivity index (χ4v) is 11.9. The number of ether oxygens (including phenoxy) is 9. The van der Waals surface area contributed by atoms with E-state index >= 15 is 0 Å². The zero-order valence-corrected chi connectivity index (χ0v) is 51.8. The topological polar surface area (TPSA) is 145 Å². The fourth-order valence-electron chi connectivity index (χ4n) is 10.9. The maximum Gasteiger partial charge on any atom is 0.306 e. The smallest absolute Gasteiger partial charge is 0.306 e. The molecule has 1 aromatic carbocycles. The Morgan fingerprint density at radius 3 is 1.42 bits per heavy atom. The van der Waals surface area contributed by atoms with Crippen molar-refractivity contribution in [2.45, 2.75) is 333 Å². The van der Waals surface area contributed by atoms with Crippen molar-refractivity contribution in [3.63, 3.8) is 0 Å². The molecule has 14 nitrogen and oxygen atoms in total. The first-order valence-corrected chi connectivity index (χ1v) is 34.2. The highest BCUT2D eigenvalue weighted by atomic mass is 28.4.